The van der Waals surface area contributed by atoms with E-state index in [-0.39, 0.29) is 12.1 Å². The van der Waals surface area contributed by atoms with E-state index in [1.54, 1.807) is 25.2 Å². The zero-order valence-corrected chi connectivity index (χ0v) is 19.1. The molecule has 8 nitrogen and oxygen atoms in total. The van der Waals surface area contributed by atoms with Gasteiger partial charge in [0.1, 0.15) is 0 Å². The lowest BCUT2D eigenvalue weighted by Crippen LogP contribution is -2.52. The Balaban J connectivity index is 1.31. The van der Waals surface area contributed by atoms with Crippen molar-refractivity contribution in [2.45, 2.75) is 19.8 Å². The van der Waals surface area contributed by atoms with Crippen molar-refractivity contribution in [1.29, 1.82) is 0 Å². The number of hydrogen-bond donors (Lipinski definition) is 2. The predicted molar refractivity (Wildman–Crippen MR) is 126 cm³/mol. The van der Waals surface area contributed by atoms with Gasteiger partial charge < -0.3 is 20.4 Å². The van der Waals surface area contributed by atoms with Gasteiger partial charge in [-0.1, -0.05) is 12.1 Å². The van der Waals surface area contributed by atoms with Gasteiger partial charge in [0.05, 0.1) is 11.9 Å². The van der Waals surface area contributed by atoms with E-state index >= 15 is 0 Å². The summed E-state index contributed by atoms with van der Waals surface area (Å²) in [4.78, 5) is 34.9. The van der Waals surface area contributed by atoms with Crippen LogP contribution in [0.25, 0.3) is 0 Å². The Hall–Kier alpha value is -3.13. The molecule has 2 N–H and O–H groups in total. The first-order valence-electron chi connectivity index (χ1n) is 11.2. The normalized spacial score (nSPS) is 18.2. The van der Waals surface area contributed by atoms with Crippen LogP contribution < -0.4 is 10.6 Å². The minimum absolute atomic E-state index is 0.0910. The van der Waals surface area contributed by atoms with Crippen LogP contribution in [0.4, 0.5) is 21.0 Å². The Morgan fingerprint density at radius 3 is 2.53 bits per heavy atom. The molecule has 0 radical (unpaired) electrons. The molecule has 1 aliphatic heterocycles. The lowest BCUT2D eigenvalue weighted by Gasteiger charge is -2.37. The number of nitrogens with one attached hydrogen (secondary N) is 2. The summed E-state index contributed by atoms with van der Waals surface area (Å²) in [5.74, 6) is 0.522. The summed E-state index contributed by atoms with van der Waals surface area (Å²) in [6.45, 7) is 6.29. The number of rotatable bonds is 4. The van der Waals surface area contributed by atoms with Crippen LogP contribution in [0.3, 0.4) is 0 Å². The van der Waals surface area contributed by atoms with Crippen molar-refractivity contribution >= 4 is 23.4 Å². The van der Waals surface area contributed by atoms with Crippen LogP contribution in [-0.4, -0.2) is 78.6 Å². The third-order valence-electron chi connectivity index (χ3n) is 6.23. The highest BCUT2D eigenvalue weighted by Crippen LogP contribution is 2.33. The van der Waals surface area contributed by atoms with E-state index in [9.17, 15) is 9.59 Å². The van der Waals surface area contributed by atoms with Gasteiger partial charge in [0.2, 0.25) is 0 Å². The number of anilines is 2. The van der Waals surface area contributed by atoms with Crippen molar-refractivity contribution in [2.24, 2.45) is 5.92 Å². The number of fused-ring (bicyclic) bond motifs is 1. The van der Waals surface area contributed by atoms with Gasteiger partial charge >= 0.3 is 12.1 Å². The summed E-state index contributed by atoms with van der Waals surface area (Å²) in [5.41, 5.74) is 5.00. The van der Waals surface area contributed by atoms with Crippen LogP contribution in [0, 0.1) is 12.8 Å². The van der Waals surface area contributed by atoms with Gasteiger partial charge in [-0.05, 0) is 55.0 Å². The van der Waals surface area contributed by atoms with Gasteiger partial charge in [-0.25, -0.2) is 9.59 Å². The van der Waals surface area contributed by atoms with Crippen LogP contribution in [-0.2, 0) is 12.8 Å². The zero-order chi connectivity index (χ0) is 22.7. The van der Waals surface area contributed by atoms with Crippen molar-refractivity contribution in [2.75, 3.05) is 57.5 Å². The van der Waals surface area contributed by atoms with Crippen molar-refractivity contribution < 1.29 is 9.59 Å². The molecule has 1 aliphatic carbocycles. The third kappa shape index (κ3) is 5.19. The zero-order valence-electron chi connectivity index (χ0n) is 19.1. The van der Waals surface area contributed by atoms with Gasteiger partial charge in [-0.2, -0.15) is 0 Å². The molecule has 1 aromatic heterocycles. The molecule has 2 aromatic rings. The van der Waals surface area contributed by atoms with Crippen LogP contribution in [0.15, 0.2) is 36.5 Å². The molecule has 1 unspecified atom stereocenters. The number of aromatic nitrogens is 1. The summed E-state index contributed by atoms with van der Waals surface area (Å²) in [7, 11) is 3.60. The van der Waals surface area contributed by atoms with E-state index in [1.807, 2.05) is 36.1 Å². The molecule has 8 heteroatoms. The molecule has 32 heavy (non-hydrogen) atoms. The van der Waals surface area contributed by atoms with Crippen LogP contribution in [0.5, 0.6) is 0 Å². The second kappa shape index (κ2) is 9.56. The average Bonchev–Trinajstić information content (AvgIpc) is 3.19. The van der Waals surface area contributed by atoms with E-state index in [1.165, 1.54) is 11.1 Å². The SMILES string of the molecule is Cc1ccc(NC(=O)Nc2cccc3c2CC(CN2CCN(C(=O)N(C)C)CC2)C3)cn1. The summed E-state index contributed by atoms with van der Waals surface area (Å²) in [6, 6.07) is 9.70. The van der Waals surface area contributed by atoms with Gasteiger partial charge in [-0.15, -0.1) is 0 Å². The fourth-order valence-corrected chi connectivity index (χ4v) is 4.58. The third-order valence-corrected chi connectivity index (χ3v) is 6.23. The number of carbonyl (C=O) groups excluding carboxylic acids is 2. The van der Waals surface area contributed by atoms with Crippen molar-refractivity contribution in [1.82, 2.24) is 19.7 Å². The number of aryl methyl sites for hydroxylation is 1. The highest BCUT2D eigenvalue weighted by molar-refractivity contribution is 6.00. The smallest absolute Gasteiger partial charge is 0.323 e. The van der Waals surface area contributed by atoms with Crippen LogP contribution in [0.1, 0.15) is 16.8 Å². The molecule has 1 fully saturated rings. The van der Waals surface area contributed by atoms with Crippen molar-refractivity contribution in [3.8, 4) is 0 Å². The molecule has 0 bridgehead atoms. The maximum Gasteiger partial charge on any atom is 0.323 e. The molecule has 0 saturated carbocycles. The van der Waals surface area contributed by atoms with E-state index in [0.29, 0.717) is 11.6 Å². The number of piperazine rings is 1. The molecule has 170 valence electrons. The van der Waals surface area contributed by atoms with Gasteiger partial charge in [-0.3, -0.25) is 9.88 Å². The largest absolute Gasteiger partial charge is 0.331 e. The number of amides is 4. The van der Waals surface area contributed by atoms with E-state index in [0.717, 1.165) is 56.9 Å². The number of carbonyl (C=O) groups is 2. The number of nitrogens with zero attached hydrogens (tertiary/aromatic N) is 4. The second-order valence-electron chi connectivity index (χ2n) is 8.95. The van der Waals surface area contributed by atoms with E-state index in [4.69, 9.17) is 0 Å². The maximum atomic E-state index is 12.5. The topological polar surface area (TPSA) is 80.8 Å². The van der Waals surface area contributed by atoms with Crippen molar-refractivity contribution in [3.05, 3.63) is 53.3 Å². The maximum absolute atomic E-state index is 12.5. The lowest BCUT2D eigenvalue weighted by molar-refractivity contribution is 0.114. The highest BCUT2D eigenvalue weighted by Gasteiger charge is 2.28. The van der Waals surface area contributed by atoms with E-state index < -0.39 is 0 Å². The lowest BCUT2D eigenvalue weighted by atomic mass is 10.1. The Bertz CT molecular complexity index is 967. The molecule has 1 atom stereocenters. The number of pyridine rings is 1. The Kier molecular flexibility index (Phi) is 6.60. The molecule has 4 amide bonds. The molecular weight excluding hydrogens is 404 g/mol. The summed E-state index contributed by atoms with van der Waals surface area (Å²) in [6.07, 6.45) is 3.63. The summed E-state index contributed by atoms with van der Waals surface area (Å²) >= 11 is 0. The molecule has 1 aromatic carbocycles. The molecule has 0 spiro atoms. The average molecular weight is 437 g/mol. The predicted octanol–water partition coefficient (Wildman–Crippen LogP) is 3.05. The fourth-order valence-electron chi connectivity index (χ4n) is 4.58. The van der Waals surface area contributed by atoms with Gasteiger partial charge in [0.15, 0.2) is 0 Å². The first-order chi connectivity index (χ1) is 15.4. The highest BCUT2D eigenvalue weighted by atomic mass is 16.2. The van der Waals surface area contributed by atoms with Crippen molar-refractivity contribution in [3.63, 3.8) is 0 Å². The molecule has 2 heterocycles. The summed E-state index contributed by atoms with van der Waals surface area (Å²) < 4.78 is 0. The van der Waals surface area contributed by atoms with Crippen LogP contribution in [0.2, 0.25) is 0 Å². The molecule has 2 aliphatic rings. The number of hydrogen-bond acceptors (Lipinski definition) is 4. The fraction of sp³-hybridized carbons (Fsp3) is 0.458. The molecule has 1 saturated heterocycles. The van der Waals surface area contributed by atoms with Gasteiger partial charge in [0.25, 0.3) is 0 Å². The number of benzene rings is 1. The molecular formula is C24H32N6O2. The molecule has 4 rings (SSSR count). The first kappa shape index (κ1) is 22.1. The Morgan fingerprint density at radius 2 is 1.84 bits per heavy atom. The van der Waals surface area contributed by atoms with Gasteiger partial charge in [0, 0.05) is 58.2 Å². The quantitative estimate of drug-likeness (QED) is 0.772. The standard InChI is InChI=1S/C24H32N6O2/c1-17-7-8-20(15-25-17)26-23(31)27-22-6-4-5-19-13-18(14-21(19)22)16-29-9-11-30(12-10-29)24(32)28(2)3/h4-8,15,18H,9-14,16H2,1-3H3,(H2,26,27,31). The second-order valence-corrected chi connectivity index (χ2v) is 8.95. The van der Waals surface area contributed by atoms with Crippen LogP contribution >= 0.6 is 0 Å². The first-order valence-corrected chi connectivity index (χ1v) is 11.2. The summed E-state index contributed by atoms with van der Waals surface area (Å²) in [5, 5.41) is 5.87. The Labute approximate surface area is 189 Å². The minimum Gasteiger partial charge on any atom is -0.331 e. The van der Waals surface area contributed by atoms with E-state index in [2.05, 4.69) is 26.6 Å². The number of urea groups is 2. The monoisotopic (exact) mass is 436 g/mol. The Morgan fingerprint density at radius 1 is 1.06 bits per heavy atom. The minimum atomic E-state index is -0.255.